The van der Waals surface area contributed by atoms with Gasteiger partial charge in [-0.1, -0.05) is 18.2 Å². The van der Waals surface area contributed by atoms with Crippen LogP contribution in [0.2, 0.25) is 0 Å². The minimum absolute atomic E-state index is 0.693. The van der Waals surface area contributed by atoms with Gasteiger partial charge in [-0.25, -0.2) is 0 Å². The Kier molecular flexibility index (Phi) is 9.04. The fraction of sp³-hybridized carbons (Fsp3) is 0.562. The zero-order valence-electron chi connectivity index (χ0n) is 13.3. The van der Waals surface area contributed by atoms with Gasteiger partial charge < -0.3 is 20.1 Å². The van der Waals surface area contributed by atoms with E-state index in [0.29, 0.717) is 6.61 Å². The number of guanidine groups is 1. The summed E-state index contributed by atoms with van der Waals surface area (Å²) < 4.78 is 10.8. The molecule has 0 unspecified atom stereocenters. The predicted octanol–water partition coefficient (Wildman–Crippen LogP) is 1.97. The molecule has 0 bridgehead atoms. The Morgan fingerprint density at radius 2 is 1.76 bits per heavy atom. The van der Waals surface area contributed by atoms with Crippen LogP contribution >= 0.6 is 0 Å². The molecule has 0 spiro atoms. The van der Waals surface area contributed by atoms with Crippen LogP contribution < -0.4 is 15.4 Å². The first-order valence-electron chi connectivity index (χ1n) is 7.40. The largest absolute Gasteiger partial charge is 0.493 e. The lowest BCUT2D eigenvalue weighted by molar-refractivity contribution is 0.195. The highest BCUT2D eigenvalue weighted by atomic mass is 16.5. The summed E-state index contributed by atoms with van der Waals surface area (Å²) in [7, 11) is 3.48. The highest BCUT2D eigenvalue weighted by Crippen LogP contribution is 2.15. The number of aryl methyl sites for hydroxylation is 1. The number of nitrogens with zero attached hydrogens (tertiary/aromatic N) is 1. The van der Waals surface area contributed by atoms with Crippen molar-refractivity contribution in [3.8, 4) is 5.75 Å². The molecular formula is C16H27N3O2. The Morgan fingerprint density at radius 1 is 1.10 bits per heavy atom. The van der Waals surface area contributed by atoms with Crippen molar-refractivity contribution >= 4 is 5.96 Å². The third kappa shape index (κ3) is 7.56. The summed E-state index contributed by atoms with van der Waals surface area (Å²) in [6, 6.07) is 8.06. The van der Waals surface area contributed by atoms with Gasteiger partial charge in [0.2, 0.25) is 0 Å². The minimum Gasteiger partial charge on any atom is -0.493 e. The smallest absolute Gasteiger partial charge is 0.190 e. The van der Waals surface area contributed by atoms with E-state index in [0.717, 1.165) is 44.2 Å². The molecule has 5 nitrogen and oxygen atoms in total. The van der Waals surface area contributed by atoms with Crippen LogP contribution in [0, 0.1) is 6.92 Å². The van der Waals surface area contributed by atoms with Gasteiger partial charge >= 0.3 is 0 Å². The third-order valence-electron chi connectivity index (χ3n) is 3.01. The molecule has 0 aliphatic rings. The van der Waals surface area contributed by atoms with Crippen LogP contribution in [0.3, 0.4) is 0 Å². The Balaban J connectivity index is 2.11. The fourth-order valence-corrected chi connectivity index (χ4v) is 1.82. The predicted molar refractivity (Wildman–Crippen MR) is 87.1 cm³/mol. The molecular weight excluding hydrogens is 266 g/mol. The highest BCUT2D eigenvalue weighted by molar-refractivity contribution is 5.79. The number of rotatable bonds is 9. The van der Waals surface area contributed by atoms with E-state index in [1.165, 1.54) is 5.56 Å². The van der Waals surface area contributed by atoms with E-state index in [1.54, 1.807) is 14.2 Å². The highest BCUT2D eigenvalue weighted by Gasteiger charge is 1.99. The van der Waals surface area contributed by atoms with Gasteiger partial charge in [-0.05, 0) is 31.4 Å². The molecule has 1 aromatic rings. The summed E-state index contributed by atoms with van der Waals surface area (Å²) in [5, 5.41) is 6.51. The summed E-state index contributed by atoms with van der Waals surface area (Å²) in [5.41, 5.74) is 1.17. The van der Waals surface area contributed by atoms with Gasteiger partial charge in [-0.3, -0.25) is 4.99 Å². The average Bonchev–Trinajstić information content (AvgIpc) is 2.50. The van der Waals surface area contributed by atoms with E-state index in [2.05, 4.69) is 28.6 Å². The second-order valence-corrected chi connectivity index (χ2v) is 4.74. The lowest BCUT2D eigenvalue weighted by atomic mass is 10.2. The van der Waals surface area contributed by atoms with Crippen LogP contribution in [-0.2, 0) is 4.74 Å². The van der Waals surface area contributed by atoms with Gasteiger partial charge in [-0.15, -0.1) is 0 Å². The molecule has 0 radical (unpaired) electrons. The van der Waals surface area contributed by atoms with Gasteiger partial charge in [-0.2, -0.15) is 0 Å². The van der Waals surface area contributed by atoms with Crippen LogP contribution in [0.1, 0.15) is 18.4 Å². The van der Waals surface area contributed by atoms with E-state index < -0.39 is 0 Å². The quantitative estimate of drug-likeness (QED) is 0.415. The number of aliphatic imine (C=N–C) groups is 1. The van der Waals surface area contributed by atoms with Gasteiger partial charge in [0.25, 0.3) is 0 Å². The second-order valence-electron chi connectivity index (χ2n) is 4.74. The number of ether oxygens (including phenoxy) is 2. The summed E-state index contributed by atoms with van der Waals surface area (Å²) in [4.78, 5) is 4.17. The molecule has 0 aromatic heterocycles. The maximum Gasteiger partial charge on any atom is 0.190 e. The summed E-state index contributed by atoms with van der Waals surface area (Å²) in [6.07, 6.45) is 1.89. The molecule has 5 heteroatoms. The number of hydrogen-bond donors (Lipinski definition) is 2. The minimum atomic E-state index is 0.693. The lowest BCUT2D eigenvalue weighted by Gasteiger charge is -2.12. The molecule has 0 heterocycles. The molecule has 1 aromatic carbocycles. The van der Waals surface area contributed by atoms with Gasteiger partial charge in [0.1, 0.15) is 5.75 Å². The van der Waals surface area contributed by atoms with Crippen LogP contribution in [0.25, 0.3) is 0 Å². The molecule has 0 amide bonds. The summed E-state index contributed by atoms with van der Waals surface area (Å²) in [6.45, 7) is 5.19. The molecule has 21 heavy (non-hydrogen) atoms. The molecule has 1 rings (SSSR count). The van der Waals surface area contributed by atoms with Crippen molar-refractivity contribution in [2.45, 2.75) is 19.8 Å². The first-order chi connectivity index (χ1) is 10.3. The number of para-hydroxylation sites is 1. The lowest BCUT2D eigenvalue weighted by Crippen LogP contribution is -2.38. The monoisotopic (exact) mass is 293 g/mol. The molecule has 0 atom stereocenters. The SMILES string of the molecule is CN=C(NCCCOC)NCCCOc1ccccc1C. The number of nitrogens with one attached hydrogen (secondary N) is 2. The van der Waals surface area contributed by atoms with Crippen LogP contribution in [0.4, 0.5) is 0 Å². The zero-order valence-corrected chi connectivity index (χ0v) is 13.3. The fourth-order valence-electron chi connectivity index (χ4n) is 1.82. The zero-order chi connectivity index (χ0) is 15.3. The molecule has 0 aliphatic carbocycles. The molecule has 0 saturated carbocycles. The van der Waals surface area contributed by atoms with Crippen LogP contribution in [-0.4, -0.2) is 46.4 Å². The third-order valence-corrected chi connectivity index (χ3v) is 3.01. The molecule has 0 fully saturated rings. The van der Waals surface area contributed by atoms with Crippen molar-refractivity contribution in [3.05, 3.63) is 29.8 Å². The molecule has 0 aliphatic heterocycles. The maximum absolute atomic E-state index is 5.75. The Hall–Kier alpha value is -1.75. The van der Waals surface area contributed by atoms with Crippen molar-refractivity contribution in [2.75, 3.05) is 40.5 Å². The topological polar surface area (TPSA) is 54.9 Å². The van der Waals surface area contributed by atoms with Crippen LogP contribution in [0.15, 0.2) is 29.3 Å². The van der Waals surface area contributed by atoms with Crippen molar-refractivity contribution in [2.24, 2.45) is 4.99 Å². The van der Waals surface area contributed by atoms with Crippen molar-refractivity contribution in [1.82, 2.24) is 10.6 Å². The van der Waals surface area contributed by atoms with Crippen molar-refractivity contribution < 1.29 is 9.47 Å². The van der Waals surface area contributed by atoms with E-state index in [1.807, 2.05) is 18.2 Å². The Morgan fingerprint density at radius 3 is 2.38 bits per heavy atom. The summed E-state index contributed by atoms with van der Waals surface area (Å²) >= 11 is 0. The summed E-state index contributed by atoms with van der Waals surface area (Å²) in [5.74, 6) is 1.78. The normalized spacial score (nSPS) is 11.3. The molecule has 118 valence electrons. The van der Waals surface area contributed by atoms with Crippen molar-refractivity contribution in [3.63, 3.8) is 0 Å². The Labute approximate surface area is 127 Å². The first-order valence-corrected chi connectivity index (χ1v) is 7.40. The molecule has 2 N–H and O–H groups in total. The Bertz CT molecular complexity index is 422. The first kappa shape index (κ1) is 17.3. The number of hydrogen-bond acceptors (Lipinski definition) is 3. The second kappa shape index (κ2) is 11.0. The number of benzene rings is 1. The van der Waals surface area contributed by atoms with Crippen molar-refractivity contribution in [1.29, 1.82) is 0 Å². The van der Waals surface area contributed by atoms with E-state index in [9.17, 15) is 0 Å². The van der Waals surface area contributed by atoms with Crippen LogP contribution in [0.5, 0.6) is 5.75 Å². The van der Waals surface area contributed by atoms with E-state index >= 15 is 0 Å². The molecule has 0 saturated heterocycles. The average molecular weight is 293 g/mol. The van der Waals surface area contributed by atoms with E-state index in [-0.39, 0.29) is 0 Å². The van der Waals surface area contributed by atoms with Gasteiger partial charge in [0, 0.05) is 33.9 Å². The maximum atomic E-state index is 5.75. The van der Waals surface area contributed by atoms with Gasteiger partial charge in [0.05, 0.1) is 6.61 Å². The number of methoxy groups -OCH3 is 1. The van der Waals surface area contributed by atoms with Gasteiger partial charge in [0.15, 0.2) is 5.96 Å². The van der Waals surface area contributed by atoms with E-state index in [4.69, 9.17) is 9.47 Å². The standard InChI is InChI=1S/C16H27N3O2/c1-14-8-4-5-9-15(14)21-13-7-11-19-16(17-2)18-10-6-12-20-3/h4-5,8-9H,6-7,10-13H2,1-3H3,(H2,17,18,19).